The van der Waals surface area contributed by atoms with Gasteiger partial charge in [-0.3, -0.25) is 9.36 Å². The van der Waals surface area contributed by atoms with Crippen molar-refractivity contribution >= 4 is 23.4 Å². The van der Waals surface area contributed by atoms with Gasteiger partial charge in [0.25, 0.3) is 0 Å². The van der Waals surface area contributed by atoms with Crippen molar-refractivity contribution in [2.75, 3.05) is 11.1 Å². The first-order valence-corrected chi connectivity index (χ1v) is 11.1. The number of hydrogen-bond acceptors (Lipinski definition) is 5. The summed E-state index contributed by atoms with van der Waals surface area (Å²) in [5.74, 6) is 1.92. The minimum atomic E-state index is -0.0817. The zero-order valence-electron chi connectivity index (χ0n) is 17.7. The van der Waals surface area contributed by atoms with Crippen LogP contribution in [0.3, 0.4) is 0 Å². The van der Waals surface area contributed by atoms with Gasteiger partial charge in [-0.2, -0.15) is 0 Å². The number of anilines is 1. The van der Waals surface area contributed by atoms with Crippen molar-refractivity contribution < 1.29 is 9.21 Å². The maximum absolute atomic E-state index is 12.7. The number of nitrogens with one attached hydrogen (secondary N) is 1. The van der Waals surface area contributed by atoms with Gasteiger partial charge in [0.15, 0.2) is 11.0 Å². The molecule has 0 aliphatic carbocycles. The van der Waals surface area contributed by atoms with E-state index in [4.69, 9.17) is 4.42 Å². The second kappa shape index (κ2) is 9.22. The third-order valence-corrected chi connectivity index (χ3v) is 5.87. The molecule has 0 bridgehead atoms. The van der Waals surface area contributed by atoms with Gasteiger partial charge >= 0.3 is 0 Å². The Morgan fingerprint density at radius 3 is 2.52 bits per heavy atom. The molecule has 0 fully saturated rings. The lowest BCUT2D eigenvalue weighted by Crippen LogP contribution is -2.16. The van der Waals surface area contributed by atoms with Gasteiger partial charge < -0.3 is 9.73 Å². The zero-order valence-corrected chi connectivity index (χ0v) is 18.5. The quantitative estimate of drug-likeness (QED) is 0.380. The second-order valence-electron chi connectivity index (χ2n) is 7.45. The highest BCUT2D eigenvalue weighted by Crippen LogP contribution is 2.30. The Morgan fingerprint density at radius 1 is 1.06 bits per heavy atom. The van der Waals surface area contributed by atoms with Crippen molar-refractivity contribution in [2.45, 2.75) is 31.8 Å². The molecule has 0 saturated carbocycles. The number of aromatic nitrogens is 3. The molecule has 0 unspecified atom stereocenters. The predicted octanol–water partition coefficient (Wildman–Crippen LogP) is 5.69. The Labute approximate surface area is 185 Å². The van der Waals surface area contributed by atoms with E-state index in [2.05, 4.69) is 29.4 Å². The first-order chi connectivity index (χ1) is 15.0. The predicted molar refractivity (Wildman–Crippen MR) is 124 cm³/mol. The number of thioether (sulfide) groups is 1. The number of rotatable bonds is 7. The normalized spacial score (nSPS) is 11.1. The topological polar surface area (TPSA) is 72.9 Å². The van der Waals surface area contributed by atoms with Gasteiger partial charge in [0.05, 0.1) is 17.6 Å². The molecule has 2 aromatic heterocycles. The Kier molecular flexibility index (Phi) is 6.23. The van der Waals surface area contributed by atoms with E-state index in [-0.39, 0.29) is 11.7 Å². The third kappa shape index (κ3) is 4.56. The number of nitrogens with zero attached hydrogens (tertiary/aromatic N) is 3. The number of carbonyl (C=O) groups is 1. The van der Waals surface area contributed by atoms with Crippen molar-refractivity contribution in [3.05, 3.63) is 78.3 Å². The molecule has 1 amide bonds. The fraction of sp³-hybridized carbons (Fsp3) is 0.208. The lowest BCUT2D eigenvalue weighted by Gasteiger charge is -2.13. The summed E-state index contributed by atoms with van der Waals surface area (Å²) in [5.41, 5.74) is 3.77. The Balaban J connectivity index is 1.57. The summed E-state index contributed by atoms with van der Waals surface area (Å²) in [6.45, 7) is 6.12. The summed E-state index contributed by atoms with van der Waals surface area (Å²) >= 11 is 1.35. The third-order valence-electron chi connectivity index (χ3n) is 4.94. The highest BCUT2D eigenvalue weighted by atomic mass is 32.2. The van der Waals surface area contributed by atoms with Crippen LogP contribution in [0.2, 0.25) is 0 Å². The number of aryl methyl sites for hydroxylation is 1. The number of hydrogen-bond donors (Lipinski definition) is 1. The number of para-hydroxylation sites is 2. The molecule has 4 aromatic rings. The molecule has 0 saturated heterocycles. The monoisotopic (exact) mass is 432 g/mol. The van der Waals surface area contributed by atoms with Crippen molar-refractivity contribution in [3.8, 4) is 17.1 Å². The van der Waals surface area contributed by atoms with Gasteiger partial charge in [-0.05, 0) is 42.7 Å². The molecule has 6 nitrogen and oxygen atoms in total. The van der Waals surface area contributed by atoms with Crippen LogP contribution in [0.1, 0.15) is 31.1 Å². The molecular formula is C24H24N4O2S. The van der Waals surface area contributed by atoms with Crippen molar-refractivity contribution in [1.29, 1.82) is 0 Å². The van der Waals surface area contributed by atoms with E-state index in [1.54, 1.807) is 6.26 Å². The van der Waals surface area contributed by atoms with Crippen molar-refractivity contribution in [3.63, 3.8) is 0 Å². The van der Waals surface area contributed by atoms with Crippen LogP contribution in [0.4, 0.5) is 5.69 Å². The van der Waals surface area contributed by atoms with Crippen LogP contribution >= 0.6 is 11.8 Å². The molecule has 2 aromatic carbocycles. The van der Waals surface area contributed by atoms with Crippen molar-refractivity contribution in [1.82, 2.24) is 14.8 Å². The molecule has 0 aliphatic rings. The van der Waals surface area contributed by atoms with Gasteiger partial charge in [-0.1, -0.05) is 62.0 Å². The van der Waals surface area contributed by atoms with Gasteiger partial charge in [0.1, 0.15) is 5.76 Å². The summed E-state index contributed by atoms with van der Waals surface area (Å²) in [6, 6.07) is 19.6. The molecule has 4 rings (SSSR count). The number of carbonyl (C=O) groups excluding carboxylic acids is 1. The van der Waals surface area contributed by atoms with E-state index < -0.39 is 0 Å². The van der Waals surface area contributed by atoms with Gasteiger partial charge in [-0.25, -0.2) is 0 Å². The Hall–Kier alpha value is -3.32. The highest BCUT2D eigenvalue weighted by molar-refractivity contribution is 7.99. The van der Waals surface area contributed by atoms with E-state index in [1.165, 1.54) is 11.8 Å². The fourth-order valence-corrected chi connectivity index (χ4v) is 4.15. The zero-order chi connectivity index (χ0) is 21.8. The molecule has 0 aliphatic heterocycles. The van der Waals surface area contributed by atoms with E-state index in [1.807, 2.05) is 72.2 Å². The molecule has 158 valence electrons. The van der Waals surface area contributed by atoms with Gasteiger partial charge in [0, 0.05) is 11.4 Å². The number of benzene rings is 2. The van der Waals surface area contributed by atoms with Crippen LogP contribution in [-0.4, -0.2) is 26.4 Å². The molecular weight excluding hydrogens is 408 g/mol. The van der Waals surface area contributed by atoms with E-state index in [0.29, 0.717) is 16.9 Å². The van der Waals surface area contributed by atoms with E-state index in [0.717, 1.165) is 28.3 Å². The van der Waals surface area contributed by atoms with Crippen molar-refractivity contribution in [2.24, 2.45) is 0 Å². The minimum Gasteiger partial charge on any atom is -0.469 e. The number of furan rings is 1. The lowest BCUT2D eigenvalue weighted by molar-refractivity contribution is -0.113. The molecule has 0 atom stereocenters. The molecule has 7 heteroatoms. The van der Waals surface area contributed by atoms with Crippen LogP contribution in [0, 0.1) is 6.92 Å². The Morgan fingerprint density at radius 2 is 1.81 bits per heavy atom. The van der Waals surface area contributed by atoms with Crippen LogP contribution in [0.5, 0.6) is 0 Å². The first kappa shape index (κ1) is 20.9. The smallest absolute Gasteiger partial charge is 0.234 e. The van der Waals surface area contributed by atoms with Crippen LogP contribution in [0.15, 0.2) is 76.5 Å². The first-order valence-electron chi connectivity index (χ1n) is 10.1. The average Bonchev–Trinajstić information content (AvgIpc) is 3.38. The summed E-state index contributed by atoms with van der Waals surface area (Å²) in [4.78, 5) is 12.7. The van der Waals surface area contributed by atoms with E-state index in [9.17, 15) is 4.79 Å². The van der Waals surface area contributed by atoms with E-state index >= 15 is 0 Å². The summed E-state index contributed by atoms with van der Waals surface area (Å²) < 4.78 is 7.42. The Bertz CT molecular complexity index is 1180. The molecule has 0 radical (unpaired) electrons. The highest BCUT2D eigenvalue weighted by Gasteiger charge is 2.20. The van der Waals surface area contributed by atoms with Crippen LogP contribution in [-0.2, 0) is 4.79 Å². The summed E-state index contributed by atoms with van der Waals surface area (Å²) in [6.07, 6.45) is 1.64. The number of amides is 1. The molecule has 31 heavy (non-hydrogen) atoms. The lowest BCUT2D eigenvalue weighted by atomic mass is 10.0. The van der Waals surface area contributed by atoms with Gasteiger partial charge in [0.2, 0.25) is 5.91 Å². The van der Waals surface area contributed by atoms with Gasteiger partial charge in [-0.15, -0.1) is 10.2 Å². The summed E-state index contributed by atoms with van der Waals surface area (Å²) in [7, 11) is 0. The fourth-order valence-electron chi connectivity index (χ4n) is 3.40. The van der Waals surface area contributed by atoms with Crippen LogP contribution < -0.4 is 5.32 Å². The summed E-state index contributed by atoms with van der Waals surface area (Å²) in [5, 5.41) is 12.4. The SMILES string of the molecule is Cc1occc1-c1nnc(SCC(=O)Nc2ccccc2C(C)C)n1-c1ccccc1. The second-order valence-corrected chi connectivity index (χ2v) is 8.39. The largest absolute Gasteiger partial charge is 0.469 e. The average molecular weight is 433 g/mol. The minimum absolute atomic E-state index is 0.0817. The molecule has 0 spiro atoms. The standard InChI is InChI=1S/C24H24N4O2S/c1-16(2)19-11-7-8-12-21(19)25-22(29)15-31-24-27-26-23(20-13-14-30-17(20)3)28(24)18-9-5-4-6-10-18/h4-14,16H,15H2,1-3H3,(H,25,29). The molecule has 1 N–H and O–H groups in total. The maximum atomic E-state index is 12.7. The van der Waals surface area contributed by atoms with Crippen LogP contribution in [0.25, 0.3) is 17.1 Å². The molecule has 2 heterocycles. The maximum Gasteiger partial charge on any atom is 0.234 e.